The molecule has 0 saturated carbocycles. The molecule has 110 valence electrons. The minimum Gasteiger partial charge on any atom is -0.481 e. The maximum atomic E-state index is 13.7. The number of carbonyl (C=O) groups excluding carboxylic acids is 1. The lowest BCUT2D eigenvalue weighted by Gasteiger charge is -2.01. The fraction of sp³-hybridized carbons (Fsp3) is 0.214. The molecule has 0 saturated heterocycles. The van der Waals surface area contributed by atoms with Crippen LogP contribution in [0.4, 0.5) is 4.39 Å². The van der Waals surface area contributed by atoms with E-state index in [9.17, 15) is 14.0 Å². The molecule has 0 aliphatic rings. The van der Waals surface area contributed by atoms with Gasteiger partial charge in [-0.15, -0.1) is 11.3 Å². The molecule has 5 nitrogen and oxygen atoms in total. The van der Waals surface area contributed by atoms with Gasteiger partial charge in [-0.2, -0.15) is 0 Å². The molecule has 1 heterocycles. The number of aromatic nitrogens is 1. The molecule has 1 aromatic carbocycles. The number of carboxylic acid groups (broad SMARTS) is 1. The zero-order chi connectivity index (χ0) is 15.4. The van der Waals surface area contributed by atoms with E-state index in [0.29, 0.717) is 21.1 Å². The number of carboxylic acids is 1. The second-order valence-electron chi connectivity index (χ2n) is 4.31. The summed E-state index contributed by atoms with van der Waals surface area (Å²) in [5.74, 6) is -1.78. The summed E-state index contributed by atoms with van der Waals surface area (Å²) in [7, 11) is 0. The Morgan fingerprint density at radius 3 is 2.76 bits per heavy atom. The number of amides is 1. The van der Waals surface area contributed by atoms with Crippen molar-refractivity contribution in [3.8, 4) is 10.6 Å². The Morgan fingerprint density at radius 1 is 1.38 bits per heavy atom. The molecule has 0 aliphatic carbocycles. The number of hydrogen-bond acceptors (Lipinski definition) is 4. The summed E-state index contributed by atoms with van der Waals surface area (Å²) >= 11 is 1.08. The number of nitrogens with zero attached hydrogens (tertiary/aromatic N) is 1. The van der Waals surface area contributed by atoms with Gasteiger partial charge in [0, 0.05) is 12.1 Å². The predicted octanol–water partition coefficient (Wildman–Crippen LogP) is 2.46. The van der Waals surface area contributed by atoms with Crippen molar-refractivity contribution in [1.82, 2.24) is 10.3 Å². The number of thiazole rings is 1. The number of carbonyl (C=O) groups is 2. The van der Waals surface area contributed by atoms with Crippen LogP contribution in [0.15, 0.2) is 24.3 Å². The Hall–Kier alpha value is -2.28. The quantitative estimate of drug-likeness (QED) is 0.889. The highest BCUT2D eigenvalue weighted by Crippen LogP contribution is 2.29. The molecule has 7 heteroatoms. The van der Waals surface area contributed by atoms with Crippen molar-refractivity contribution < 1.29 is 19.1 Å². The fourth-order valence-electron chi connectivity index (χ4n) is 1.72. The van der Waals surface area contributed by atoms with Gasteiger partial charge < -0.3 is 10.4 Å². The third-order valence-corrected chi connectivity index (χ3v) is 3.92. The van der Waals surface area contributed by atoms with E-state index in [1.165, 1.54) is 6.07 Å². The van der Waals surface area contributed by atoms with Crippen LogP contribution < -0.4 is 5.32 Å². The summed E-state index contributed by atoms with van der Waals surface area (Å²) in [6, 6.07) is 6.21. The van der Waals surface area contributed by atoms with E-state index in [1.807, 2.05) is 0 Å². The van der Waals surface area contributed by atoms with E-state index in [1.54, 1.807) is 25.1 Å². The van der Waals surface area contributed by atoms with E-state index >= 15 is 0 Å². The molecule has 21 heavy (non-hydrogen) atoms. The van der Waals surface area contributed by atoms with Crippen LogP contribution in [-0.2, 0) is 4.79 Å². The highest BCUT2D eigenvalue weighted by atomic mass is 32.1. The van der Waals surface area contributed by atoms with Gasteiger partial charge in [-0.05, 0) is 19.1 Å². The van der Waals surface area contributed by atoms with Crippen LogP contribution >= 0.6 is 11.3 Å². The van der Waals surface area contributed by atoms with E-state index < -0.39 is 17.7 Å². The van der Waals surface area contributed by atoms with Crippen LogP contribution in [0.1, 0.15) is 21.8 Å². The van der Waals surface area contributed by atoms with Gasteiger partial charge in [0.25, 0.3) is 5.91 Å². The predicted molar refractivity (Wildman–Crippen MR) is 76.8 cm³/mol. The van der Waals surface area contributed by atoms with E-state index in [2.05, 4.69) is 10.3 Å². The van der Waals surface area contributed by atoms with Gasteiger partial charge in [-0.1, -0.05) is 12.1 Å². The zero-order valence-electron chi connectivity index (χ0n) is 11.2. The maximum Gasteiger partial charge on any atom is 0.305 e. The Kier molecular flexibility index (Phi) is 4.64. The monoisotopic (exact) mass is 308 g/mol. The molecule has 0 fully saturated rings. The number of benzene rings is 1. The first-order valence-electron chi connectivity index (χ1n) is 6.21. The van der Waals surface area contributed by atoms with Crippen LogP contribution in [0.5, 0.6) is 0 Å². The summed E-state index contributed by atoms with van der Waals surface area (Å²) in [5.41, 5.74) is 0.835. The van der Waals surface area contributed by atoms with Gasteiger partial charge in [0.15, 0.2) is 0 Å². The first-order chi connectivity index (χ1) is 9.99. The molecule has 0 radical (unpaired) electrons. The molecular weight excluding hydrogens is 295 g/mol. The molecule has 0 spiro atoms. The van der Waals surface area contributed by atoms with Crippen molar-refractivity contribution >= 4 is 23.2 Å². The van der Waals surface area contributed by atoms with Crippen LogP contribution in [0.2, 0.25) is 0 Å². The van der Waals surface area contributed by atoms with Crippen LogP contribution in [0, 0.1) is 12.7 Å². The third kappa shape index (κ3) is 3.63. The van der Waals surface area contributed by atoms with E-state index in [0.717, 1.165) is 11.3 Å². The lowest BCUT2D eigenvalue weighted by Crippen LogP contribution is -2.25. The molecule has 2 rings (SSSR count). The number of aryl methyl sites for hydroxylation is 1. The van der Waals surface area contributed by atoms with Gasteiger partial charge >= 0.3 is 5.97 Å². The Bertz CT molecular complexity index is 685. The highest BCUT2D eigenvalue weighted by molar-refractivity contribution is 7.17. The van der Waals surface area contributed by atoms with Crippen molar-refractivity contribution in [3.05, 3.63) is 40.7 Å². The SMILES string of the molecule is Cc1nc(-c2ccccc2F)sc1C(=O)NCCC(=O)O. The molecule has 2 aromatic rings. The van der Waals surface area contributed by atoms with E-state index in [4.69, 9.17) is 5.11 Å². The highest BCUT2D eigenvalue weighted by Gasteiger charge is 2.17. The van der Waals surface area contributed by atoms with Crippen molar-refractivity contribution in [2.45, 2.75) is 13.3 Å². The Balaban J connectivity index is 2.18. The number of halogens is 1. The van der Waals surface area contributed by atoms with Gasteiger partial charge in [-0.25, -0.2) is 9.37 Å². The summed E-state index contributed by atoms with van der Waals surface area (Å²) in [5, 5.41) is 11.5. The number of hydrogen-bond donors (Lipinski definition) is 2. The molecule has 0 bridgehead atoms. The van der Waals surface area contributed by atoms with Gasteiger partial charge in [-0.3, -0.25) is 9.59 Å². The molecule has 1 aromatic heterocycles. The van der Waals surface area contributed by atoms with Gasteiger partial charge in [0.2, 0.25) is 0 Å². The standard InChI is InChI=1S/C14H13FN2O3S/c1-8-12(13(20)16-7-6-11(18)19)21-14(17-8)9-4-2-3-5-10(9)15/h2-5H,6-7H2,1H3,(H,16,20)(H,18,19). The topological polar surface area (TPSA) is 79.3 Å². The fourth-order valence-corrected chi connectivity index (χ4v) is 2.73. The first-order valence-corrected chi connectivity index (χ1v) is 7.03. The lowest BCUT2D eigenvalue weighted by molar-refractivity contribution is -0.136. The van der Waals surface area contributed by atoms with E-state index in [-0.39, 0.29) is 13.0 Å². The Morgan fingerprint density at radius 2 is 2.10 bits per heavy atom. The average molecular weight is 308 g/mol. The largest absolute Gasteiger partial charge is 0.481 e. The summed E-state index contributed by atoms with van der Waals surface area (Å²) in [6.07, 6.45) is -0.149. The smallest absolute Gasteiger partial charge is 0.305 e. The normalized spacial score (nSPS) is 10.4. The lowest BCUT2D eigenvalue weighted by atomic mass is 10.2. The minimum absolute atomic E-state index is 0.0422. The van der Waals surface area contributed by atoms with Crippen molar-refractivity contribution in [2.24, 2.45) is 0 Å². The minimum atomic E-state index is -0.983. The van der Waals surface area contributed by atoms with Crippen LogP contribution in [0.3, 0.4) is 0 Å². The van der Waals surface area contributed by atoms with Crippen molar-refractivity contribution in [1.29, 1.82) is 0 Å². The van der Waals surface area contributed by atoms with Crippen LogP contribution in [0.25, 0.3) is 10.6 Å². The summed E-state index contributed by atoms with van der Waals surface area (Å²) in [6.45, 7) is 1.70. The zero-order valence-corrected chi connectivity index (χ0v) is 12.0. The second kappa shape index (κ2) is 6.45. The van der Waals surface area contributed by atoms with Crippen molar-refractivity contribution in [3.63, 3.8) is 0 Å². The number of nitrogens with one attached hydrogen (secondary N) is 1. The average Bonchev–Trinajstić information content (AvgIpc) is 2.80. The van der Waals surface area contributed by atoms with Gasteiger partial charge in [0.05, 0.1) is 12.1 Å². The second-order valence-corrected chi connectivity index (χ2v) is 5.31. The Labute approximate surface area is 124 Å². The number of rotatable bonds is 5. The molecule has 2 N–H and O–H groups in total. The molecule has 0 atom stereocenters. The number of aliphatic carboxylic acids is 1. The molecule has 0 aliphatic heterocycles. The van der Waals surface area contributed by atoms with Gasteiger partial charge in [0.1, 0.15) is 15.7 Å². The van der Waals surface area contributed by atoms with Crippen molar-refractivity contribution in [2.75, 3.05) is 6.54 Å². The summed E-state index contributed by atoms with van der Waals surface area (Å²) < 4.78 is 13.7. The first kappa shape index (κ1) is 15.1. The molecule has 1 amide bonds. The summed E-state index contributed by atoms with van der Waals surface area (Å²) in [4.78, 5) is 26.9. The molecule has 0 unspecified atom stereocenters. The molecular formula is C14H13FN2O3S. The maximum absolute atomic E-state index is 13.7. The van der Waals surface area contributed by atoms with Crippen LogP contribution in [-0.4, -0.2) is 28.5 Å². The third-order valence-electron chi connectivity index (χ3n) is 2.73.